The standard InChI is InChI=1S/C30H34FN6O7P/c1-7-30(31)25(38)23(43-29(30)37-16-33-24-26(32-6)34-19(5)35-27(24)37)15-41-45(40,36-18(4)28(39)42-17(2)3)44-22-14-10-12-20-11-8-9-13-21(20)22/h1,8-14,16-18,23,25,29,38H,15H2,2-6H3,(H,36,40)(H,32,34,35)/t18-,23+,25+,29+,30+,45-/m0/s1. The number of hydrogen-bond acceptors (Lipinski definition) is 11. The van der Waals surface area contributed by atoms with Crippen LogP contribution in [0.15, 0.2) is 48.8 Å². The molecular weight excluding hydrogens is 606 g/mol. The van der Waals surface area contributed by atoms with Gasteiger partial charge in [0.15, 0.2) is 23.2 Å². The number of alkyl halides is 1. The van der Waals surface area contributed by atoms with Gasteiger partial charge in [-0.2, -0.15) is 5.09 Å². The molecule has 0 aliphatic carbocycles. The Hall–Kier alpha value is -4.12. The molecule has 1 aliphatic heterocycles. The molecule has 15 heteroatoms. The molecule has 1 fully saturated rings. The highest BCUT2D eigenvalue weighted by atomic mass is 31.2. The highest BCUT2D eigenvalue weighted by molar-refractivity contribution is 7.52. The first-order chi connectivity index (χ1) is 21.4. The van der Waals surface area contributed by atoms with Crippen LogP contribution in [-0.2, 0) is 23.4 Å². The molecule has 0 spiro atoms. The Kier molecular flexibility index (Phi) is 9.11. The van der Waals surface area contributed by atoms with Crippen molar-refractivity contribution in [2.45, 2.75) is 63.9 Å². The van der Waals surface area contributed by atoms with Gasteiger partial charge in [0.05, 0.1) is 19.0 Å². The molecule has 4 aromatic rings. The van der Waals surface area contributed by atoms with Crippen LogP contribution in [0.2, 0.25) is 0 Å². The predicted octanol–water partition coefficient (Wildman–Crippen LogP) is 4.06. The Morgan fingerprint density at radius 2 is 1.98 bits per heavy atom. The summed E-state index contributed by atoms with van der Waals surface area (Å²) >= 11 is 0. The zero-order chi connectivity index (χ0) is 32.5. The lowest BCUT2D eigenvalue weighted by Crippen LogP contribution is -2.42. The molecule has 13 nitrogen and oxygen atoms in total. The van der Waals surface area contributed by atoms with E-state index in [9.17, 15) is 14.5 Å². The first kappa shape index (κ1) is 32.3. The van der Waals surface area contributed by atoms with Gasteiger partial charge in [0.1, 0.15) is 29.8 Å². The SMILES string of the molecule is C#C[C@@]1(F)[C@H](O)[C@@H](CO[P@@](=O)(N[C@@H](C)C(=O)OC(C)C)Oc2cccc3ccccc23)O[C@H]1n1cnc2c(NC)nc(C)nc21. The van der Waals surface area contributed by atoms with Crippen molar-refractivity contribution in [2.75, 3.05) is 19.0 Å². The summed E-state index contributed by atoms with van der Waals surface area (Å²) in [4.78, 5) is 25.5. The van der Waals surface area contributed by atoms with Gasteiger partial charge in [0.25, 0.3) is 0 Å². The molecule has 2 aromatic carbocycles. The summed E-state index contributed by atoms with van der Waals surface area (Å²) in [5.74, 6) is 2.28. The van der Waals surface area contributed by atoms with Gasteiger partial charge < -0.3 is 24.4 Å². The lowest BCUT2D eigenvalue weighted by molar-refractivity contribution is -0.149. The fourth-order valence-corrected chi connectivity index (χ4v) is 6.49. The Morgan fingerprint density at radius 1 is 1.24 bits per heavy atom. The molecule has 0 radical (unpaired) electrons. The summed E-state index contributed by atoms with van der Waals surface area (Å²) in [6, 6.07) is 11.2. The predicted molar refractivity (Wildman–Crippen MR) is 164 cm³/mol. The number of anilines is 1. The van der Waals surface area contributed by atoms with E-state index in [1.807, 2.05) is 24.1 Å². The molecule has 1 aliphatic rings. The Balaban J connectivity index is 1.44. The maximum absolute atomic E-state index is 16.4. The molecule has 0 bridgehead atoms. The van der Waals surface area contributed by atoms with E-state index < -0.39 is 56.6 Å². The van der Waals surface area contributed by atoms with Gasteiger partial charge in [-0.3, -0.25) is 13.9 Å². The minimum Gasteiger partial charge on any atom is -0.462 e. The summed E-state index contributed by atoms with van der Waals surface area (Å²) in [6.07, 6.45) is 1.51. The lowest BCUT2D eigenvalue weighted by atomic mass is 9.97. The third kappa shape index (κ3) is 6.36. The average Bonchev–Trinajstić information content (AvgIpc) is 3.53. The maximum Gasteiger partial charge on any atom is 0.459 e. The van der Waals surface area contributed by atoms with Crippen LogP contribution in [-0.4, -0.2) is 74.3 Å². The van der Waals surface area contributed by atoms with Crippen molar-refractivity contribution in [3.63, 3.8) is 0 Å². The average molecular weight is 641 g/mol. The zero-order valence-corrected chi connectivity index (χ0v) is 26.2. The van der Waals surface area contributed by atoms with Crippen molar-refractivity contribution in [2.24, 2.45) is 0 Å². The van der Waals surface area contributed by atoms with Gasteiger partial charge in [-0.15, -0.1) is 6.42 Å². The molecular formula is C30H34FN6O7P. The maximum atomic E-state index is 16.4. The third-order valence-electron chi connectivity index (χ3n) is 7.12. The highest BCUT2D eigenvalue weighted by Crippen LogP contribution is 2.49. The van der Waals surface area contributed by atoms with Gasteiger partial charge in [-0.05, 0) is 39.1 Å². The van der Waals surface area contributed by atoms with Crippen molar-refractivity contribution in [3.8, 4) is 18.1 Å². The Bertz CT molecular complexity index is 1810. The van der Waals surface area contributed by atoms with Crippen LogP contribution in [0.3, 0.4) is 0 Å². The minimum atomic E-state index is -4.43. The molecule has 238 valence electrons. The zero-order valence-electron chi connectivity index (χ0n) is 25.3. The molecule has 0 amide bonds. The Morgan fingerprint density at radius 3 is 2.69 bits per heavy atom. The fraction of sp³-hybridized carbons (Fsp3) is 0.400. The number of imidazole rings is 1. The number of nitrogens with zero attached hydrogens (tertiary/aromatic N) is 4. The molecule has 6 atom stereocenters. The Labute approximate surface area is 259 Å². The second kappa shape index (κ2) is 12.7. The van der Waals surface area contributed by atoms with E-state index in [1.165, 1.54) is 17.8 Å². The number of carbonyl (C=O) groups excluding carboxylic acids is 1. The van der Waals surface area contributed by atoms with Crippen molar-refractivity contribution in [1.82, 2.24) is 24.6 Å². The van der Waals surface area contributed by atoms with Crippen LogP contribution in [0.25, 0.3) is 21.9 Å². The van der Waals surface area contributed by atoms with Gasteiger partial charge in [0.2, 0.25) is 5.67 Å². The van der Waals surface area contributed by atoms with Gasteiger partial charge in [-0.1, -0.05) is 42.3 Å². The minimum absolute atomic E-state index is 0.197. The number of halogens is 1. The van der Waals surface area contributed by atoms with Crippen molar-refractivity contribution >= 4 is 41.5 Å². The second-order valence-corrected chi connectivity index (χ2v) is 12.5. The quantitative estimate of drug-likeness (QED) is 0.123. The molecule has 45 heavy (non-hydrogen) atoms. The van der Waals surface area contributed by atoms with Crippen LogP contribution in [0.1, 0.15) is 32.8 Å². The van der Waals surface area contributed by atoms with E-state index in [0.717, 1.165) is 5.39 Å². The van der Waals surface area contributed by atoms with Crippen LogP contribution in [0.4, 0.5) is 10.2 Å². The summed E-state index contributed by atoms with van der Waals surface area (Å²) in [5.41, 5.74) is -2.21. The number of terminal acetylenes is 1. The monoisotopic (exact) mass is 640 g/mol. The number of ether oxygens (including phenoxy) is 2. The van der Waals surface area contributed by atoms with Crippen molar-refractivity contribution in [1.29, 1.82) is 0 Å². The molecule has 3 N–H and O–H groups in total. The first-order valence-electron chi connectivity index (χ1n) is 14.2. The summed E-state index contributed by atoms with van der Waals surface area (Å²) in [7, 11) is -2.78. The summed E-state index contributed by atoms with van der Waals surface area (Å²) < 4.78 is 54.7. The number of aliphatic hydroxyl groups excluding tert-OH is 1. The number of nitrogens with one attached hydrogen (secondary N) is 2. The number of esters is 1. The smallest absolute Gasteiger partial charge is 0.459 e. The van der Waals surface area contributed by atoms with E-state index >= 15 is 4.39 Å². The normalized spacial score (nSPS) is 23.5. The van der Waals surface area contributed by atoms with Gasteiger partial charge in [-0.25, -0.2) is 23.9 Å². The van der Waals surface area contributed by atoms with Crippen molar-refractivity contribution in [3.05, 3.63) is 54.6 Å². The molecule has 0 saturated carbocycles. The first-order valence-corrected chi connectivity index (χ1v) is 15.7. The van der Waals surface area contributed by atoms with E-state index in [0.29, 0.717) is 22.5 Å². The number of benzene rings is 2. The van der Waals surface area contributed by atoms with Crippen molar-refractivity contribution < 1.29 is 37.4 Å². The number of aromatic nitrogens is 4. The van der Waals surface area contributed by atoms with Crippen LogP contribution in [0.5, 0.6) is 5.75 Å². The number of carbonyl (C=O) groups is 1. The van der Waals surface area contributed by atoms with E-state index in [-0.39, 0.29) is 11.4 Å². The molecule has 0 unspecified atom stereocenters. The fourth-order valence-electron chi connectivity index (χ4n) is 4.97. The molecule has 3 heterocycles. The van der Waals surface area contributed by atoms with E-state index in [2.05, 4.69) is 25.4 Å². The molecule has 5 rings (SSSR count). The topological polar surface area (TPSA) is 159 Å². The highest BCUT2D eigenvalue weighted by Gasteiger charge is 2.58. The number of hydrogen-bond donors (Lipinski definition) is 3. The lowest BCUT2D eigenvalue weighted by Gasteiger charge is -2.25. The van der Waals surface area contributed by atoms with E-state index in [4.69, 9.17) is 24.9 Å². The number of rotatable bonds is 11. The number of fused-ring (bicyclic) bond motifs is 2. The number of aryl methyl sites for hydroxylation is 1. The summed E-state index contributed by atoms with van der Waals surface area (Å²) in [5, 5.41) is 18.0. The molecule has 1 saturated heterocycles. The number of aliphatic hydroxyl groups is 1. The second-order valence-electron chi connectivity index (χ2n) is 10.8. The van der Waals surface area contributed by atoms with E-state index in [1.54, 1.807) is 52.1 Å². The largest absolute Gasteiger partial charge is 0.462 e. The van der Waals surface area contributed by atoms with Crippen LogP contribution < -0.4 is 14.9 Å². The molecule has 2 aromatic heterocycles. The van der Waals surface area contributed by atoms with Crippen LogP contribution >= 0.6 is 7.75 Å². The van der Waals surface area contributed by atoms with Crippen LogP contribution in [0, 0.1) is 19.3 Å². The summed E-state index contributed by atoms with van der Waals surface area (Å²) in [6.45, 7) is 5.79. The van der Waals surface area contributed by atoms with Gasteiger partial charge >= 0.3 is 13.7 Å². The third-order valence-corrected chi connectivity index (χ3v) is 8.75. The van der Waals surface area contributed by atoms with Gasteiger partial charge in [0, 0.05) is 12.4 Å².